The van der Waals surface area contributed by atoms with E-state index in [1.165, 1.54) is 0 Å². The summed E-state index contributed by atoms with van der Waals surface area (Å²) in [6, 6.07) is 0.400. The minimum absolute atomic E-state index is 0.121. The molecule has 1 aromatic rings. The minimum atomic E-state index is -0.121. The fourth-order valence-corrected chi connectivity index (χ4v) is 2.83. The highest BCUT2D eigenvalue weighted by Crippen LogP contribution is 2.63. The Balaban J connectivity index is 2.40. The number of nitrogens with two attached hydrogens (primary N) is 1. The Morgan fingerprint density at radius 1 is 1.00 bits per heavy atom. The van der Waals surface area contributed by atoms with Crippen LogP contribution in [0.2, 0.25) is 0 Å². The van der Waals surface area contributed by atoms with Gasteiger partial charge in [0.2, 0.25) is 0 Å². The van der Waals surface area contributed by atoms with E-state index in [1.54, 1.807) is 0 Å². The summed E-state index contributed by atoms with van der Waals surface area (Å²) in [5.41, 5.74) is 4.04. The van der Waals surface area contributed by atoms with Gasteiger partial charge >= 0.3 is 0 Å². The van der Waals surface area contributed by atoms with E-state index in [0.717, 1.165) is 17.2 Å². The van der Waals surface area contributed by atoms with Crippen molar-refractivity contribution >= 4 is 11.6 Å². The fourth-order valence-electron chi connectivity index (χ4n) is 2.83. The van der Waals surface area contributed by atoms with Gasteiger partial charge in [-0.3, -0.25) is 0 Å². The van der Waals surface area contributed by atoms with Gasteiger partial charge in [-0.25, -0.2) is 15.8 Å². The molecule has 0 spiro atoms. The molecule has 1 heterocycles. The zero-order valence-corrected chi connectivity index (χ0v) is 14.5. The molecule has 0 atom stereocenters. The number of hydrogen-bond acceptors (Lipinski definition) is 5. The molecule has 1 saturated carbocycles. The van der Waals surface area contributed by atoms with Gasteiger partial charge in [-0.15, -0.1) is 0 Å². The summed E-state index contributed by atoms with van der Waals surface area (Å²) in [4.78, 5) is 9.28. The first-order chi connectivity index (χ1) is 9.42. The highest BCUT2D eigenvalue weighted by atomic mass is 15.3. The van der Waals surface area contributed by atoms with Crippen LogP contribution < -0.4 is 16.6 Å². The first-order valence-corrected chi connectivity index (χ1v) is 7.55. The van der Waals surface area contributed by atoms with Gasteiger partial charge in [-0.2, -0.15) is 0 Å². The number of aromatic nitrogens is 2. The number of nitrogen functional groups attached to an aromatic ring is 1. The molecule has 4 N–H and O–H groups in total. The molecule has 5 nitrogen and oxygen atoms in total. The largest absolute Gasteiger partial charge is 0.366 e. The molecule has 1 aliphatic rings. The molecule has 118 valence electrons. The second-order valence-electron chi connectivity index (χ2n) is 8.28. The van der Waals surface area contributed by atoms with Gasteiger partial charge < -0.3 is 10.7 Å². The van der Waals surface area contributed by atoms with Crippen LogP contribution in [-0.4, -0.2) is 16.0 Å². The molecule has 0 saturated heterocycles. The zero-order valence-electron chi connectivity index (χ0n) is 14.5. The highest BCUT2D eigenvalue weighted by Gasteiger charge is 2.65. The molecule has 1 aliphatic carbocycles. The lowest BCUT2D eigenvalue weighted by molar-refractivity contribution is 0.457. The van der Waals surface area contributed by atoms with Crippen LogP contribution in [0.25, 0.3) is 0 Å². The van der Waals surface area contributed by atoms with Gasteiger partial charge in [0.1, 0.15) is 17.5 Å². The van der Waals surface area contributed by atoms with Crippen LogP contribution in [0.4, 0.5) is 11.6 Å². The lowest BCUT2D eigenvalue weighted by Crippen LogP contribution is -2.22. The summed E-state index contributed by atoms with van der Waals surface area (Å²) in [6.07, 6.45) is 0. The Kier molecular flexibility index (Phi) is 3.48. The lowest BCUT2D eigenvalue weighted by Gasteiger charge is -2.21. The van der Waals surface area contributed by atoms with Gasteiger partial charge in [-0.05, 0) is 17.8 Å². The van der Waals surface area contributed by atoms with Gasteiger partial charge in [0, 0.05) is 17.0 Å². The van der Waals surface area contributed by atoms with Gasteiger partial charge in [0.25, 0.3) is 0 Å². The van der Waals surface area contributed by atoms with Crippen LogP contribution in [0.15, 0.2) is 0 Å². The van der Waals surface area contributed by atoms with Gasteiger partial charge in [0.05, 0.1) is 0 Å². The van der Waals surface area contributed by atoms with Crippen molar-refractivity contribution in [1.29, 1.82) is 0 Å². The van der Waals surface area contributed by atoms with Crippen molar-refractivity contribution in [3.8, 4) is 0 Å². The third-order valence-corrected chi connectivity index (χ3v) is 5.26. The average Bonchev–Trinajstić information content (AvgIpc) is 2.72. The molecule has 0 aromatic carbocycles. The van der Waals surface area contributed by atoms with Crippen molar-refractivity contribution < 1.29 is 0 Å². The van der Waals surface area contributed by atoms with E-state index in [2.05, 4.69) is 64.2 Å². The summed E-state index contributed by atoms with van der Waals surface area (Å²) in [5, 5.41) is 3.61. The van der Waals surface area contributed by atoms with E-state index < -0.39 is 0 Å². The van der Waals surface area contributed by atoms with Gasteiger partial charge in [0.15, 0.2) is 0 Å². The molecule has 1 aromatic heterocycles. The van der Waals surface area contributed by atoms with E-state index in [9.17, 15) is 0 Å². The third-order valence-electron chi connectivity index (χ3n) is 5.26. The van der Waals surface area contributed by atoms with E-state index in [1.807, 2.05) is 6.92 Å². The van der Waals surface area contributed by atoms with Crippen molar-refractivity contribution in [3.63, 3.8) is 0 Å². The number of anilines is 2. The standard InChI is InChI=1S/C16H29N5/c1-9-10(18-12-15(5,6)16(12,7)8)19-13(14(2,3)4)20-11(9)21-17/h12H,17H2,1-8H3,(H2,18,19,20,21). The SMILES string of the molecule is Cc1c(NN)nc(C(C)(C)C)nc1NC1C(C)(C)C1(C)C. The Hall–Kier alpha value is -1.36. The fraction of sp³-hybridized carbons (Fsp3) is 0.750. The second-order valence-corrected chi connectivity index (χ2v) is 8.28. The maximum Gasteiger partial charge on any atom is 0.148 e. The van der Waals surface area contributed by atoms with Crippen molar-refractivity contribution in [3.05, 3.63) is 11.4 Å². The molecule has 0 aliphatic heterocycles. The molecule has 21 heavy (non-hydrogen) atoms. The van der Waals surface area contributed by atoms with E-state index in [4.69, 9.17) is 10.8 Å². The minimum Gasteiger partial charge on any atom is -0.366 e. The summed E-state index contributed by atoms with van der Waals surface area (Å²) >= 11 is 0. The molecular formula is C16H29N5. The lowest BCUT2D eigenvalue weighted by atomic mass is 9.95. The van der Waals surface area contributed by atoms with E-state index in [0.29, 0.717) is 11.9 Å². The average molecular weight is 291 g/mol. The summed E-state index contributed by atoms with van der Waals surface area (Å²) < 4.78 is 0. The number of rotatable bonds is 3. The van der Waals surface area contributed by atoms with Crippen molar-refractivity contribution in [2.24, 2.45) is 16.7 Å². The van der Waals surface area contributed by atoms with Crippen LogP contribution in [0.1, 0.15) is 59.9 Å². The molecule has 2 rings (SSSR count). The predicted molar refractivity (Wildman–Crippen MR) is 88.3 cm³/mol. The predicted octanol–water partition coefficient (Wildman–Crippen LogP) is 3.21. The number of hydrazine groups is 1. The molecule has 0 bridgehead atoms. The molecule has 0 radical (unpaired) electrons. The zero-order chi connectivity index (χ0) is 16.2. The smallest absolute Gasteiger partial charge is 0.148 e. The molecule has 5 heteroatoms. The van der Waals surface area contributed by atoms with Crippen molar-refractivity contribution in [1.82, 2.24) is 9.97 Å². The van der Waals surface area contributed by atoms with E-state index >= 15 is 0 Å². The number of nitrogens with zero attached hydrogens (tertiary/aromatic N) is 2. The topological polar surface area (TPSA) is 75.9 Å². The Morgan fingerprint density at radius 2 is 1.48 bits per heavy atom. The maximum atomic E-state index is 5.62. The van der Waals surface area contributed by atoms with Crippen LogP contribution in [0.5, 0.6) is 0 Å². The van der Waals surface area contributed by atoms with Crippen LogP contribution >= 0.6 is 0 Å². The van der Waals surface area contributed by atoms with Crippen molar-refractivity contribution in [2.75, 3.05) is 10.7 Å². The number of nitrogens with one attached hydrogen (secondary N) is 2. The monoisotopic (exact) mass is 291 g/mol. The summed E-state index contributed by atoms with van der Waals surface area (Å²) in [7, 11) is 0. The first kappa shape index (κ1) is 16.0. The van der Waals surface area contributed by atoms with Crippen LogP contribution in [-0.2, 0) is 5.41 Å². The normalized spacial score (nSPS) is 20.2. The quantitative estimate of drug-likeness (QED) is 0.589. The Bertz CT molecular complexity index is 541. The summed E-state index contributed by atoms with van der Waals surface area (Å²) in [6.45, 7) is 17.4. The van der Waals surface area contributed by atoms with Crippen molar-refractivity contribution in [2.45, 2.75) is 66.8 Å². The Morgan fingerprint density at radius 3 is 1.86 bits per heavy atom. The van der Waals surface area contributed by atoms with Crippen LogP contribution in [0, 0.1) is 17.8 Å². The highest BCUT2D eigenvalue weighted by molar-refractivity contribution is 5.59. The molecule has 0 unspecified atom stereocenters. The first-order valence-electron chi connectivity index (χ1n) is 7.55. The maximum absolute atomic E-state index is 5.62. The van der Waals surface area contributed by atoms with Gasteiger partial charge in [-0.1, -0.05) is 48.5 Å². The summed E-state index contributed by atoms with van der Waals surface area (Å²) in [5.74, 6) is 7.98. The molecular weight excluding hydrogens is 262 g/mol. The van der Waals surface area contributed by atoms with E-state index in [-0.39, 0.29) is 16.2 Å². The molecule has 1 fully saturated rings. The number of hydrogen-bond donors (Lipinski definition) is 3. The Labute approximate surface area is 128 Å². The third kappa shape index (κ3) is 2.48. The van der Waals surface area contributed by atoms with Crippen LogP contribution in [0.3, 0.4) is 0 Å². The second kappa shape index (κ2) is 4.57. The molecule has 0 amide bonds.